The minimum absolute atomic E-state index is 0.0536. The first-order valence-electron chi connectivity index (χ1n) is 4.51. The number of rotatable bonds is 5. The standard InChI is InChI=1S/C10H17N3O/c1-12(2)8-4-6-10(14)13(3)9-5-7-11/h4,6H,5,8-9H2,1-3H3/b6-4+. The minimum atomic E-state index is -0.0536. The third kappa shape index (κ3) is 6.21. The van der Waals surface area contributed by atoms with Gasteiger partial charge in [0.2, 0.25) is 5.91 Å². The Bertz CT molecular complexity index is 240. The Labute approximate surface area is 85.4 Å². The first kappa shape index (κ1) is 12.7. The molecule has 0 aromatic carbocycles. The molecule has 0 unspecified atom stereocenters. The molecule has 0 radical (unpaired) electrons. The second-order valence-electron chi connectivity index (χ2n) is 3.33. The SMILES string of the molecule is CN(C)C/C=C/C(=O)N(C)CCC#N. The van der Waals surface area contributed by atoms with Crippen LogP contribution < -0.4 is 0 Å². The van der Waals surface area contributed by atoms with Crippen molar-refractivity contribution in [2.24, 2.45) is 0 Å². The fraction of sp³-hybridized carbons (Fsp3) is 0.600. The van der Waals surface area contributed by atoms with Crippen molar-refractivity contribution < 1.29 is 4.79 Å². The number of carbonyl (C=O) groups is 1. The van der Waals surface area contributed by atoms with Gasteiger partial charge in [-0.15, -0.1) is 0 Å². The zero-order valence-electron chi connectivity index (χ0n) is 9.03. The highest BCUT2D eigenvalue weighted by atomic mass is 16.2. The van der Waals surface area contributed by atoms with E-state index in [2.05, 4.69) is 0 Å². The highest BCUT2D eigenvalue weighted by Crippen LogP contribution is 1.90. The first-order chi connectivity index (χ1) is 6.57. The molecule has 0 saturated heterocycles. The second kappa shape index (κ2) is 7.10. The maximum atomic E-state index is 11.3. The van der Waals surface area contributed by atoms with Gasteiger partial charge in [-0.2, -0.15) is 5.26 Å². The highest BCUT2D eigenvalue weighted by Gasteiger charge is 2.02. The van der Waals surface area contributed by atoms with E-state index in [1.807, 2.05) is 31.1 Å². The fourth-order valence-corrected chi connectivity index (χ4v) is 0.819. The summed E-state index contributed by atoms with van der Waals surface area (Å²) in [6, 6.07) is 2.00. The minimum Gasteiger partial charge on any atom is -0.341 e. The van der Waals surface area contributed by atoms with Gasteiger partial charge in [0.1, 0.15) is 0 Å². The van der Waals surface area contributed by atoms with Gasteiger partial charge in [-0.25, -0.2) is 0 Å². The third-order valence-corrected chi connectivity index (χ3v) is 1.67. The highest BCUT2D eigenvalue weighted by molar-refractivity contribution is 5.87. The quantitative estimate of drug-likeness (QED) is 0.599. The average molecular weight is 195 g/mol. The van der Waals surface area contributed by atoms with Crippen LogP contribution in [0.2, 0.25) is 0 Å². The van der Waals surface area contributed by atoms with E-state index in [0.29, 0.717) is 13.0 Å². The second-order valence-corrected chi connectivity index (χ2v) is 3.33. The fourth-order valence-electron chi connectivity index (χ4n) is 0.819. The molecule has 4 heteroatoms. The first-order valence-corrected chi connectivity index (χ1v) is 4.51. The molecule has 0 fully saturated rings. The predicted octanol–water partition coefficient (Wildman–Crippen LogP) is 0.476. The molecule has 0 saturated carbocycles. The summed E-state index contributed by atoms with van der Waals surface area (Å²) in [6.45, 7) is 1.24. The molecule has 0 aliphatic rings. The molecule has 0 heterocycles. The van der Waals surface area contributed by atoms with Gasteiger partial charge in [-0.1, -0.05) is 6.08 Å². The summed E-state index contributed by atoms with van der Waals surface area (Å²) in [7, 11) is 5.57. The van der Waals surface area contributed by atoms with E-state index in [1.165, 1.54) is 11.0 Å². The van der Waals surface area contributed by atoms with Gasteiger partial charge in [0, 0.05) is 26.2 Å². The Morgan fingerprint density at radius 3 is 2.57 bits per heavy atom. The number of likely N-dealkylation sites (N-methyl/N-ethyl adjacent to an activating group) is 2. The Hall–Kier alpha value is -1.34. The maximum absolute atomic E-state index is 11.3. The van der Waals surface area contributed by atoms with Crippen molar-refractivity contribution in [3.63, 3.8) is 0 Å². The largest absolute Gasteiger partial charge is 0.341 e. The lowest BCUT2D eigenvalue weighted by Crippen LogP contribution is -2.25. The van der Waals surface area contributed by atoms with Crippen LogP contribution in [0.15, 0.2) is 12.2 Å². The average Bonchev–Trinajstić information content (AvgIpc) is 2.13. The van der Waals surface area contributed by atoms with Crippen molar-refractivity contribution in [2.75, 3.05) is 34.2 Å². The summed E-state index contributed by atoms with van der Waals surface area (Å²) in [4.78, 5) is 14.8. The van der Waals surface area contributed by atoms with Gasteiger partial charge < -0.3 is 9.80 Å². The summed E-state index contributed by atoms with van der Waals surface area (Å²) in [6.07, 6.45) is 3.73. The molecule has 4 nitrogen and oxygen atoms in total. The van der Waals surface area contributed by atoms with Gasteiger partial charge in [0.25, 0.3) is 0 Å². The lowest BCUT2D eigenvalue weighted by Gasteiger charge is -2.12. The van der Waals surface area contributed by atoms with Gasteiger partial charge >= 0.3 is 0 Å². The molecular weight excluding hydrogens is 178 g/mol. The Morgan fingerprint density at radius 2 is 2.07 bits per heavy atom. The third-order valence-electron chi connectivity index (χ3n) is 1.67. The summed E-state index contributed by atoms with van der Waals surface area (Å²) < 4.78 is 0. The zero-order chi connectivity index (χ0) is 11.0. The van der Waals surface area contributed by atoms with E-state index in [0.717, 1.165) is 6.54 Å². The van der Waals surface area contributed by atoms with Gasteiger partial charge in [0.15, 0.2) is 0 Å². The summed E-state index contributed by atoms with van der Waals surface area (Å²) >= 11 is 0. The van der Waals surface area contributed by atoms with Crippen molar-refractivity contribution >= 4 is 5.91 Å². The van der Waals surface area contributed by atoms with Crippen molar-refractivity contribution in [1.82, 2.24) is 9.80 Å². The topological polar surface area (TPSA) is 47.3 Å². The number of hydrogen-bond acceptors (Lipinski definition) is 3. The molecule has 0 rings (SSSR count). The van der Waals surface area contributed by atoms with Crippen molar-refractivity contribution in [3.8, 4) is 6.07 Å². The molecule has 0 aliphatic heterocycles. The molecule has 0 aromatic rings. The van der Waals surface area contributed by atoms with Crippen LogP contribution in [0.3, 0.4) is 0 Å². The van der Waals surface area contributed by atoms with E-state index >= 15 is 0 Å². The number of amides is 1. The van der Waals surface area contributed by atoms with E-state index in [4.69, 9.17) is 5.26 Å². The molecule has 1 amide bonds. The van der Waals surface area contributed by atoms with E-state index < -0.39 is 0 Å². The van der Waals surface area contributed by atoms with Gasteiger partial charge in [0.05, 0.1) is 12.5 Å². The van der Waals surface area contributed by atoms with Crippen LogP contribution in [0, 0.1) is 11.3 Å². The van der Waals surface area contributed by atoms with Crippen molar-refractivity contribution in [1.29, 1.82) is 5.26 Å². The summed E-state index contributed by atoms with van der Waals surface area (Å²) in [5, 5.41) is 8.33. The number of carbonyl (C=O) groups excluding carboxylic acids is 1. The molecule has 0 N–H and O–H groups in total. The lowest BCUT2D eigenvalue weighted by molar-refractivity contribution is -0.124. The zero-order valence-corrected chi connectivity index (χ0v) is 9.03. The molecule has 0 aliphatic carbocycles. The normalized spacial score (nSPS) is 10.5. The lowest BCUT2D eigenvalue weighted by atomic mass is 10.4. The molecule has 0 bridgehead atoms. The van der Waals surface area contributed by atoms with Gasteiger partial charge in [-0.05, 0) is 14.1 Å². The Balaban J connectivity index is 3.84. The number of nitrogens with zero attached hydrogens (tertiary/aromatic N) is 3. The van der Waals surface area contributed by atoms with Crippen molar-refractivity contribution in [2.45, 2.75) is 6.42 Å². The van der Waals surface area contributed by atoms with Crippen LogP contribution in [0.25, 0.3) is 0 Å². The summed E-state index contributed by atoms with van der Waals surface area (Å²) in [5.74, 6) is -0.0536. The number of hydrogen-bond donors (Lipinski definition) is 0. The Morgan fingerprint density at radius 1 is 1.43 bits per heavy atom. The monoisotopic (exact) mass is 195 g/mol. The van der Waals surface area contributed by atoms with Gasteiger partial charge in [-0.3, -0.25) is 4.79 Å². The molecule has 78 valence electrons. The van der Waals surface area contributed by atoms with Crippen LogP contribution >= 0.6 is 0 Å². The van der Waals surface area contributed by atoms with Crippen LogP contribution in [-0.2, 0) is 4.79 Å². The number of nitriles is 1. The maximum Gasteiger partial charge on any atom is 0.246 e. The van der Waals surface area contributed by atoms with E-state index in [-0.39, 0.29) is 5.91 Å². The van der Waals surface area contributed by atoms with Crippen LogP contribution in [0.4, 0.5) is 0 Å². The van der Waals surface area contributed by atoms with E-state index in [1.54, 1.807) is 7.05 Å². The smallest absolute Gasteiger partial charge is 0.246 e. The molecule has 0 atom stereocenters. The van der Waals surface area contributed by atoms with E-state index in [9.17, 15) is 4.79 Å². The molecule has 14 heavy (non-hydrogen) atoms. The summed E-state index contributed by atoms with van der Waals surface area (Å²) in [5.41, 5.74) is 0. The van der Waals surface area contributed by atoms with Crippen LogP contribution in [0.5, 0.6) is 0 Å². The molecular formula is C10H17N3O. The Kier molecular flexibility index (Phi) is 6.42. The molecule has 0 spiro atoms. The van der Waals surface area contributed by atoms with Crippen LogP contribution in [-0.4, -0.2) is 49.9 Å². The molecule has 0 aromatic heterocycles. The van der Waals surface area contributed by atoms with Crippen LogP contribution in [0.1, 0.15) is 6.42 Å². The van der Waals surface area contributed by atoms with Crippen molar-refractivity contribution in [3.05, 3.63) is 12.2 Å². The predicted molar refractivity (Wildman–Crippen MR) is 55.6 cm³/mol.